The summed E-state index contributed by atoms with van der Waals surface area (Å²) in [5.41, 5.74) is 8.32. The number of nitrogen functional groups attached to an aromatic ring is 1. The van der Waals surface area contributed by atoms with Crippen molar-refractivity contribution < 1.29 is 9.31 Å². The summed E-state index contributed by atoms with van der Waals surface area (Å²) in [6.45, 7) is 12.5. The number of rotatable bonds is 2. The molecule has 0 aliphatic carbocycles. The number of nitrogens with two attached hydrogens (primary N) is 1. The van der Waals surface area contributed by atoms with Crippen molar-refractivity contribution in [3.8, 4) is 0 Å². The molecule has 1 aromatic rings. The zero-order chi connectivity index (χ0) is 14.4. The molecule has 0 amide bonds. The van der Waals surface area contributed by atoms with Crippen LogP contribution in [0.15, 0.2) is 18.2 Å². The van der Waals surface area contributed by atoms with Crippen LogP contribution in [0, 0.1) is 0 Å². The summed E-state index contributed by atoms with van der Waals surface area (Å²) in [7, 11) is -0.385. The fourth-order valence-corrected chi connectivity index (χ4v) is 2.13. The summed E-state index contributed by atoms with van der Waals surface area (Å²) in [6, 6.07) is 6.10. The Hall–Kier alpha value is -0.995. The molecule has 104 valence electrons. The predicted molar refractivity (Wildman–Crippen MR) is 80.7 cm³/mol. The Bertz CT molecular complexity index is 467. The Kier molecular flexibility index (Phi) is 3.44. The van der Waals surface area contributed by atoms with Gasteiger partial charge in [-0.3, -0.25) is 0 Å². The van der Waals surface area contributed by atoms with Crippen LogP contribution in [-0.2, 0) is 9.31 Å². The summed E-state index contributed by atoms with van der Waals surface area (Å²) in [5.74, 6) is 0.460. The smallest absolute Gasteiger partial charge is 0.399 e. The first kappa shape index (κ1) is 14.4. The summed E-state index contributed by atoms with van der Waals surface area (Å²) >= 11 is 0. The molecule has 1 aliphatic heterocycles. The first-order chi connectivity index (χ1) is 8.64. The van der Waals surface area contributed by atoms with Gasteiger partial charge in [0.25, 0.3) is 0 Å². The predicted octanol–water partition coefficient (Wildman–Crippen LogP) is 2.69. The summed E-state index contributed by atoms with van der Waals surface area (Å²) < 4.78 is 12.1. The van der Waals surface area contributed by atoms with Gasteiger partial charge >= 0.3 is 7.12 Å². The molecule has 0 unspecified atom stereocenters. The van der Waals surface area contributed by atoms with E-state index in [4.69, 9.17) is 15.0 Å². The first-order valence-corrected chi connectivity index (χ1v) is 6.89. The van der Waals surface area contributed by atoms with Crippen LogP contribution >= 0.6 is 0 Å². The monoisotopic (exact) mass is 261 g/mol. The highest BCUT2D eigenvalue weighted by atomic mass is 16.7. The second-order valence-electron chi connectivity index (χ2n) is 6.63. The maximum absolute atomic E-state index is 6.09. The van der Waals surface area contributed by atoms with Crippen molar-refractivity contribution in [3.05, 3.63) is 23.8 Å². The largest absolute Gasteiger partial charge is 0.496 e. The molecule has 0 saturated carbocycles. The SMILES string of the molecule is CC(C)c1ccc(N)c(B2OC(C)(C)C(C)(C)O2)c1. The molecule has 3 nitrogen and oxygen atoms in total. The minimum absolute atomic E-state index is 0.335. The Morgan fingerprint density at radius 2 is 1.58 bits per heavy atom. The second-order valence-corrected chi connectivity index (χ2v) is 6.63. The quantitative estimate of drug-likeness (QED) is 0.657. The lowest BCUT2D eigenvalue weighted by molar-refractivity contribution is 0.00578. The summed E-state index contributed by atoms with van der Waals surface area (Å²) in [6.07, 6.45) is 0. The van der Waals surface area contributed by atoms with Crippen LogP contribution in [-0.4, -0.2) is 18.3 Å². The van der Waals surface area contributed by atoms with Gasteiger partial charge in [-0.15, -0.1) is 0 Å². The Labute approximate surface area is 116 Å². The van der Waals surface area contributed by atoms with E-state index in [1.165, 1.54) is 5.56 Å². The van der Waals surface area contributed by atoms with E-state index in [1.807, 2.05) is 6.07 Å². The highest BCUT2D eigenvalue weighted by Gasteiger charge is 2.52. The van der Waals surface area contributed by atoms with Crippen LogP contribution in [0.1, 0.15) is 53.0 Å². The lowest BCUT2D eigenvalue weighted by atomic mass is 9.76. The minimum atomic E-state index is -0.385. The van der Waals surface area contributed by atoms with Crippen LogP contribution in [0.3, 0.4) is 0 Å². The highest BCUT2D eigenvalue weighted by Crippen LogP contribution is 2.37. The molecular formula is C15H24BNO2. The molecule has 19 heavy (non-hydrogen) atoms. The molecular weight excluding hydrogens is 237 g/mol. The van der Waals surface area contributed by atoms with E-state index in [2.05, 4.69) is 53.7 Å². The van der Waals surface area contributed by atoms with Gasteiger partial charge < -0.3 is 15.0 Å². The van der Waals surface area contributed by atoms with E-state index in [0.717, 1.165) is 11.2 Å². The average molecular weight is 261 g/mol. The van der Waals surface area contributed by atoms with E-state index in [0.29, 0.717) is 5.92 Å². The van der Waals surface area contributed by atoms with E-state index in [1.54, 1.807) is 0 Å². The van der Waals surface area contributed by atoms with Crippen molar-refractivity contribution in [2.45, 2.75) is 58.7 Å². The molecule has 1 aromatic carbocycles. The maximum atomic E-state index is 6.09. The van der Waals surface area contributed by atoms with E-state index in [-0.39, 0.29) is 18.3 Å². The van der Waals surface area contributed by atoms with Gasteiger partial charge in [0.2, 0.25) is 0 Å². The van der Waals surface area contributed by atoms with E-state index >= 15 is 0 Å². The third kappa shape index (κ3) is 2.52. The van der Waals surface area contributed by atoms with Crippen molar-refractivity contribution in [3.63, 3.8) is 0 Å². The molecule has 1 saturated heterocycles. The van der Waals surface area contributed by atoms with Crippen LogP contribution in [0.5, 0.6) is 0 Å². The minimum Gasteiger partial charge on any atom is -0.399 e. The number of anilines is 1. The van der Waals surface area contributed by atoms with Gasteiger partial charge in [0.05, 0.1) is 11.2 Å². The summed E-state index contributed by atoms with van der Waals surface area (Å²) in [4.78, 5) is 0. The van der Waals surface area contributed by atoms with Crippen molar-refractivity contribution >= 4 is 18.3 Å². The standard InChI is InChI=1S/C15H24BNO2/c1-10(2)11-7-8-13(17)12(9-11)16-18-14(3,4)15(5,6)19-16/h7-10H,17H2,1-6H3. The zero-order valence-electron chi connectivity index (χ0n) is 12.8. The van der Waals surface area contributed by atoms with Gasteiger partial charge in [-0.05, 0) is 45.2 Å². The second kappa shape index (κ2) is 4.53. The third-order valence-corrected chi connectivity index (χ3v) is 4.28. The normalized spacial score (nSPS) is 21.1. The van der Waals surface area contributed by atoms with Crippen LogP contribution in [0.2, 0.25) is 0 Å². The molecule has 1 fully saturated rings. The van der Waals surface area contributed by atoms with Gasteiger partial charge in [0, 0.05) is 11.2 Å². The average Bonchev–Trinajstić information content (AvgIpc) is 2.48. The topological polar surface area (TPSA) is 44.5 Å². The molecule has 2 N–H and O–H groups in total. The molecule has 2 rings (SSSR count). The van der Waals surface area contributed by atoms with Gasteiger partial charge in [-0.1, -0.05) is 26.0 Å². The van der Waals surface area contributed by atoms with Crippen LogP contribution in [0.25, 0.3) is 0 Å². The number of hydrogen-bond acceptors (Lipinski definition) is 3. The fraction of sp³-hybridized carbons (Fsp3) is 0.600. The van der Waals surface area contributed by atoms with Crippen LogP contribution < -0.4 is 11.2 Å². The number of benzene rings is 1. The molecule has 0 bridgehead atoms. The Morgan fingerprint density at radius 3 is 2.05 bits per heavy atom. The first-order valence-electron chi connectivity index (χ1n) is 6.89. The van der Waals surface area contributed by atoms with E-state index in [9.17, 15) is 0 Å². The maximum Gasteiger partial charge on any atom is 0.496 e. The van der Waals surface area contributed by atoms with Gasteiger partial charge in [0.15, 0.2) is 0 Å². The van der Waals surface area contributed by atoms with Gasteiger partial charge in [0.1, 0.15) is 0 Å². The number of hydrogen-bond donors (Lipinski definition) is 1. The lowest BCUT2D eigenvalue weighted by Gasteiger charge is -2.32. The molecule has 0 aromatic heterocycles. The van der Waals surface area contributed by atoms with Crippen molar-refractivity contribution in [1.82, 2.24) is 0 Å². The van der Waals surface area contributed by atoms with Crippen molar-refractivity contribution in [2.24, 2.45) is 0 Å². The highest BCUT2D eigenvalue weighted by molar-refractivity contribution is 6.63. The molecule has 0 atom stereocenters. The Morgan fingerprint density at radius 1 is 1.05 bits per heavy atom. The third-order valence-electron chi connectivity index (χ3n) is 4.28. The van der Waals surface area contributed by atoms with Crippen LogP contribution in [0.4, 0.5) is 5.69 Å². The molecule has 0 radical (unpaired) electrons. The Balaban J connectivity index is 2.36. The molecule has 1 aliphatic rings. The van der Waals surface area contributed by atoms with Gasteiger partial charge in [-0.2, -0.15) is 0 Å². The lowest BCUT2D eigenvalue weighted by Crippen LogP contribution is -2.41. The zero-order valence-corrected chi connectivity index (χ0v) is 12.8. The molecule has 1 heterocycles. The van der Waals surface area contributed by atoms with Crippen molar-refractivity contribution in [1.29, 1.82) is 0 Å². The van der Waals surface area contributed by atoms with Gasteiger partial charge in [-0.25, -0.2) is 0 Å². The molecule has 4 heteroatoms. The molecule has 0 spiro atoms. The van der Waals surface area contributed by atoms with E-state index < -0.39 is 0 Å². The summed E-state index contributed by atoms with van der Waals surface area (Å²) in [5, 5.41) is 0. The van der Waals surface area contributed by atoms with Crippen molar-refractivity contribution in [2.75, 3.05) is 5.73 Å². The fourth-order valence-electron chi connectivity index (χ4n) is 2.13.